The SMILES string of the molecule is Cc1ccc(Br)c(C)c1.O=Cc1ccccc1B(O)O. The summed E-state index contributed by atoms with van der Waals surface area (Å²) in [5.41, 5.74) is 3.16. The van der Waals surface area contributed by atoms with Gasteiger partial charge in [0.25, 0.3) is 0 Å². The molecule has 0 atom stereocenters. The van der Waals surface area contributed by atoms with Gasteiger partial charge in [-0.1, -0.05) is 57.9 Å². The highest BCUT2D eigenvalue weighted by atomic mass is 79.9. The fourth-order valence-electron chi connectivity index (χ4n) is 1.65. The zero-order chi connectivity index (χ0) is 15.1. The molecule has 0 heterocycles. The predicted octanol–water partition coefficient (Wildman–Crippen LogP) is 2.24. The highest BCUT2D eigenvalue weighted by Gasteiger charge is 2.13. The van der Waals surface area contributed by atoms with E-state index < -0.39 is 7.12 Å². The van der Waals surface area contributed by atoms with Crippen LogP contribution in [0.2, 0.25) is 0 Å². The van der Waals surface area contributed by atoms with Crippen molar-refractivity contribution in [3.05, 3.63) is 63.6 Å². The second-order valence-electron chi connectivity index (χ2n) is 4.37. The highest BCUT2D eigenvalue weighted by molar-refractivity contribution is 9.10. The lowest BCUT2D eigenvalue weighted by Crippen LogP contribution is -2.32. The predicted molar refractivity (Wildman–Crippen MR) is 85.3 cm³/mol. The standard InChI is InChI=1S/C8H9Br.C7H7BO3/c1-6-3-4-8(9)7(2)5-6;9-5-6-3-1-2-4-7(6)8(10)11/h3-5H,1-2H3;1-5,10-11H. The van der Waals surface area contributed by atoms with Crippen molar-refractivity contribution in [3.63, 3.8) is 0 Å². The summed E-state index contributed by atoms with van der Waals surface area (Å²) < 4.78 is 1.19. The van der Waals surface area contributed by atoms with Gasteiger partial charge in [-0.3, -0.25) is 4.79 Å². The first-order valence-corrected chi connectivity index (χ1v) is 6.88. The van der Waals surface area contributed by atoms with Gasteiger partial charge in [-0.15, -0.1) is 0 Å². The van der Waals surface area contributed by atoms with Crippen LogP contribution in [0.3, 0.4) is 0 Å². The van der Waals surface area contributed by atoms with Gasteiger partial charge in [0.05, 0.1) is 0 Å². The van der Waals surface area contributed by atoms with E-state index in [0.29, 0.717) is 11.8 Å². The summed E-state index contributed by atoms with van der Waals surface area (Å²) in [4.78, 5) is 10.3. The van der Waals surface area contributed by atoms with Gasteiger partial charge >= 0.3 is 7.12 Å². The van der Waals surface area contributed by atoms with Gasteiger partial charge in [-0.2, -0.15) is 0 Å². The Kier molecular flexibility index (Phi) is 6.65. The van der Waals surface area contributed by atoms with Gasteiger partial charge in [0.15, 0.2) is 0 Å². The number of hydrogen-bond acceptors (Lipinski definition) is 3. The van der Waals surface area contributed by atoms with Crippen LogP contribution in [0, 0.1) is 13.8 Å². The van der Waals surface area contributed by atoms with Crippen molar-refractivity contribution in [1.29, 1.82) is 0 Å². The van der Waals surface area contributed by atoms with Gasteiger partial charge < -0.3 is 10.0 Å². The van der Waals surface area contributed by atoms with Crippen LogP contribution < -0.4 is 5.46 Å². The van der Waals surface area contributed by atoms with E-state index >= 15 is 0 Å². The molecule has 0 aromatic heterocycles. The van der Waals surface area contributed by atoms with Crippen LogP contribution in [-0.2, 0) is 0 Å². The molecule has 0 spiro atoms. The monoisotopic (exact) mass is 334 g/mol. The van der Waals surface area contributed by atoms with E-state index in [-0.39, 0.29) is 5.46 Å². The Labute approximate surface area is 127 Å². The Bertz CT molecular complexity index is 585. The molecule has 2 rings (SSSR count). The molecule has 0 amide bonds. The van der Waals surface area contributed by atoms with E-state index in [1.165, 1.54) is 27.7 Å². The molecule has 0 saturated heterocycles. The number of carbonyl (C=O) groups excluding carboxylic acids is 1. The summed E-state index contributed by atoms with van der Waals surface area (Å²) in [6.45, 7) is 4.19. The van der Waals surface area contributed by atoms with E-state index in [0.717, 1.165) is 0 Å². The zero-order valence-corrected chi connectivity index (χ0v) is 13.0. The average Bonchev–Trinajstić information content (AvgIpc) is 2.44. The molecule has 0 fully saturated rings. The lowest BCUT2D eigenvalue weighted by molar-refractivity contribution is 0.112. The first-order valence-electron chi connectivity index (χ1n) is 6.08. The lowest BCUT2D eigenvalue weighted by Gasteiger charge is -2.00. The topological polar surface area (TPSA) is 57.5 Å². The van der Waals surface area contributed by atoms with Crippen molar-refractivity contribution >= 4 is 34.8 Å². The molecule has 0 radical (unpaired) electrons. The second-order valence-corrected chi connectivity index (χ2v) is 5.23. The van der Waals surface area contributed by atoms with Gasteiger partial charge in [0, 0.05) is 10.0 Å². The molecule has 3 nitrogen and oxygen atoms in total. The average molecular weight is 335 g/mol. The van der Waals surface area contributed by atoms with Crippen molar-refractivity contribution < 1.29 is 14.8 Å². The van der Waals surface area contributed by atoms with Gasteiger partial charge in [-0.25, -0.2) is 0 Å². The van der Waals surface area contributed by atoms with Crippen LogP contribution in [-0.4, -0.2) is 23.5 Å². The molecule has 0 bridgehead atoms. The minimum atomic E-state index is -1.57. The van der Waals surface area contributed by atoms with Crippen LogP contribution >= 0.6 is 15.9 Å². The number of rotatable bonds is 2. The molecule has 0 saturated carbocycles. The quantitative estimate of drug-likeness (QED) is 0.654. The second kappa shape index (κ2) is 7.99. The van der Waals surface area contributed by atoms with Crippen LogP contribution in [0.4, 0.5) is 0 Å². The summed E-state index contributed by atoms with van der Waals surface area (Å²) >= 11 is 3.43. The van der Waals surface area contributed by atoms with Crippen molar-refractivity contribution in [2.24, 2.45) is 0 Å². The Morgan fingerprint density at radius 3 is 2.20 bits per heavy atom. The molecule has 2 aromatic carbocycles. The Morgan fingerprint density at radius 1 is 1.10 bits per heavy atom. The molecule has 5 heteroatoms. The Morgan fingerprint density at radius 2 is 1.75 bits per heavy atom. The minimum Gasteiger partial charge on any atom is -0.423 e. The third-order valence-electron chi connectivity index (χ3n) is 2.71. The molecule has 2 N–H and O–H groups in total. The summed E-state index contributed by atoms with van der Waals surface area (Å²) in [6, 6.07) is 12.7. The van der Waals surface area contributed by atoms with Gasteiger partial charge in [0.2, 0.25) is 0 Å². The summed E-state index contributed by atoms with van der Waals surface area (Å²) in [6.07, 6.45) is 0.592. The normalized spacial score (nSPS) is 9.45. The van der Waals surface area contributed by atoms with E-state index in [2.05, 4.69) is 48.0 Å². The maximum atomic E-state index is 10.3. The van der Waals surface area contributed by atoms with E-state index in [1.807, 2.05) is 0 Å². The van der Waals surface area contributed by atoms with Crippen LogP contribution in [0.25, 0.3) is 0 Å². The van der Waals surface area contributed by atoms with Crippen molar-refractivity contribution in [2.75, 3.05) is 0 Å². The highest BCUT2D eigenvalue weighted by Crippen LogP contribution is 2.15. The number of hydrogen-bond donors (Lipinski definition) is 2. The first kappa shape index (κ1) is 16.6. The zero-order valence-electron chi connectivity index (χ0n) is 11.4. The van der Waals surface area contributed by atoms with E-state index in [4.69, 9.17) is 10.0 Å². The molecule has 0 unspecified atom stereocenters. The van der Waals surface area contributed by atoms with Gasteiger partial charge in [-0.05, 0) is 30.9 Å². The fraction of sp³-hybridized carbons (Fsp3) is 0.133. The number of aryl methyl sites for hydroxylation is 2. The van der Waals surface area contributed by atoms with Crippen molar-refractivity contribution in [3.8, 4) is 0 Å². The number of benzene rings is 2. The molecular weight excluding hydrogens is 319 g/mol. The number of halogens is 1. The summed E-state index contributed by atoms with van der Waals surface area (Å²) in [5, 5.41) is 17.5. The van der Waals surface area contributed by atoms with E-state index in [9.17, 15) is 4.79 Å². The van der Waals surface area contributed by atoms with E-state index in [1.54, 1.807) is 12.1 Å². The molecule has 0 aliphatic rings. The van der Waals surface area contributed by atoms with Crippen LogP contribution in [0.15, 0.2) is 46.9 Å². The summed E-state index contributed by atoms with van der Waals surface area (Å²) in [7, 11) is -1.57. The minimum absolute atomic E-state index is 0.238. The first-order chi connectivity index (χ1) is 9.45. The Balaban J connectivity index is 0.000000204. The molecule has 20 heavy (non-hydrogen) atoms. The maximum absolute atomic E-state index is 10.3. The lowest BCUT2D eigenvalue weighted by atomic mass is 9.77. The van der Waals surface area contributed by atoms with Crippen molar-refractivity contribution in [2.45, 2.75) is 13.8 Å². The van der Waals surface area contributed by atoms with Crippen molar-refractivity contribution in [1.82, 2.24) is 0 Å². The third-order valence-corrected chi connectivity index (χ3v) is 3.60. The largest absolute Gasteiger partial charge is 0.489 e. The smallest absolute Gasteiger partial charge is 0.423 e. The molecule has 2 aromatic rings. The van der Waals surface area contributed by atoms with Gasteiger partial charge in [0.1, 0.15) is 6.29 Å². The summed E-state index contributed by atoms with van der Waals surface area (Å²) in [5.74, 6) is 0. The third kappa shape index (κ3) is 4.92. The fourth-order valence-corrected chi connectivity index (χ4v) is 1.89. The number of carbonyl (C=O) groups is 1. The molecule has 0 aliphatic heterocycles. The number of aldehydes is 1. The maximum Gasteiger partial charge on any atom is 0.489 e. The molecular formula is C15H16BBrO3. The molecule has 0 aliphatic carbocycles. The Hall–Kier alpha value is -1.43. The van der Waals surface area contributed by atoms with Crippen LogP contribution in [0.1, 0.15) is 21.5 Å². The molecule has 104 valence electrons. The van der Waals surface area contributed by atoms with Crippen LogP contribution in [0.5, 0.6) is 0 Å².